The number of pyridine rings is 1. The van der Waals surface area contributed by atoms with Crippen LogP contribution in [0.2, 0.25) is 0 Å². The van der Waals surface area contributed by atoms with Crippen molar-refractivity contribution in [3.63, 3.8) is 0 Å². The highest BCUT2D eigenvalue weighted by Crippen LogP contribution is 2.04. The number of likely N-dealkylation sites (N-methyl/N-ethyl adjacent to an activating group) is 1. The van der Waals surface area contributed by atoms with E-state index in [0.29, 0.717) is 18.9 Å². The van der Waals surface area contributed by atoms with E-state index in [9.17, 15) is 0 Å². The fourth-order valence-corrected chi connectivity index (χ4v) is 1.17. The zero-order valence-electron chi connectivity index (χ0n) is 8.27. The number of hydrogen-bond donors (Lipinski definition) is 3. The molecule has 0 aliphatic rings. The second-order valence-corrected chi connectivity index (χ2v) is 3.12. The van der Waals surface area contributed by atoms with E-state index in [1.165, 1.54) is 0 Å². The first-order chi connectivity index (χ1) is 6.76. The van der Waals surface area contributed by atoms with Crippen molar-refractivity contribution in [1.29, 1.82) is 0 Å². The number of anilines is 1. The van der Waals surface area contributed by atoms with Crippen LogP contribution in [0.3, 0.4) is 0 Å². The van der Waals surface area contributed by atoms with Gasteiger partial charge in [-0.25, -0.2) is 10.8 Å². The Bertz CT molecular complexity index is 279. The molecule has 5 heteroatoms. The van der Waals surface area contributed by atoms with Crippen molar-refractivity contribution < 1.29 is 5.11 Å². The number of aliphatic hydroxyl groups is 1. The van der Waals surface area contributed by atoms with Crippen LogP contribution in [0, 0.1) is 0 Å². The van der Waals surface area contributed by atoms with Gasteiger partial charge in [0.25, 0.3) is 0 Å². The monoisotopic (exact) mass is 196 g/mol. The molecule has 5 nitrogen and oxygen atoms in total. The number of hydrazine groups is 1. The van der Waals surface area contributed by atoms with E-state index < -0.39 is 0 Å². The lowest BCUT2D eigenvalue weighted by Gasteiger charge is -2.14. The van der Waals surface area contributed by atoms with Crippen LogP contribution >= 0.6 is 0 Å². The first kappa shape index (κ1) is 10.9. The fourth-order valence-electron chi connectivity index (χ4n) is 1.17. The average molecular weight is 196 g/mol. The van der Waals surface area contributed by atoms with Gasteiger partial charge in [-0.2, -0.15) is 0 Å². The van der Waals surface area contributed by atoms with Crippen molar-refractivity contribution in [2.75, 3.05) is 25.6 Å². The van der Waals surface area contributed by atoms with E-state index in [-0.39, 0.29) is 6.61 Å². The Hall–Kier alpha value is -1.17. The quantitative estimate of drug-likeness (QED) is 0.449. The standard InChI is InChI=1S/C9H16N4O/c1-13(5-6-14)7-8-3-2-4-9(11-8)12-10/h2-4,14H,5-7,10H2,1H3,(H,11,12). The molecule has 0 spiro atoms. The minimum Gasteiger partial charge on any atom is -0.395 e. The number of nitrogens with two attached hydrogens (primary N) is 1. The van der Waals surface area contributed by atoms with E-state index in [2.05, 4.69) is 10.4 Å². The Morgan fingerprint density at radius 3 is 3.00 bits per heavy atom. The van der Waals surface area contributed by atoms with E-state index in [0.717, 1.165) is 5.69 Å². The van der Waals surface area contributed by atoms with Gasteiger partial charge in [0.05, 0.1) is 12.3 Å². The van der Waals surface area contributed by atoms with E-state index in [1.54, 1.807) is 6.07 Å². The largest absolute Gasteiger partial charge is 0.395 e. The van der Waals surface area contributed by atoms with E-state index >= 15 is 0 Å². The van der Waals surface area contributed by atoms with Gasteiger partial charge in [-0.15, -0.1) is 0 Å². The van der Waals surface area contributed by atoms with Crippen molar-refractivity contribution in [1.82, 2.24) is 9.88 Å². The molecule has 0 fully saturated rings. The van der Waals surface area contributed by atoms with Gasteiger partial charge in [0.1, 0.15) is 5.82 Å². The Labute approximate surface area is 83.5 Å². The lowest BCUT2D eigenvalue weighted by molar-refractivity contribution is 0.216. The van der Waals surface area contributed by atoms with Crippen LogP contribution < -0.4 is 11.3 Å². The zero-order valence-corrected chi connectivity index (χ0v) is 8.27. The molecule has 0 bridgehead atoms. The van der Waals surface area contributed by atoms with Crippen LogP contribution in [0.4, 0.5) is 5.82 Å². The van der Waals surface area contributed by atoms with E-state index in [4.69, 9.17) is 10.9 Å². The van der Waals surface area contributed by atoms with Crippen molar-refractivity contribution in [3.05, 3.63) is 23.9 Å². The smallest absolute Gasteiger partial charge is 0.140 e. The molecular weight excluding hydrogens is 180 g/mol. The van der Waals surface area contributed by atoms with Crippen LogP contribution in [-0.2, 0) is 6.54 Å². The summed E-state index contributed by atoms with van der Waals surface area (Å²) in [5.41, 5.74) is 3.42. The molecule has 0 aliphatic heterocycles. The summed E-state index contributed by atoms with van der Waals surface area (Å²) in [5, 5.41) is 8.72. The number of nitrogens with one attached hydrogen (secondary N) is 1. The Kier molecular flexibility index (Phi) is 4.31. The SMILES string of the molecule is CN(CCO)Cc1cccc(NN)n1. The Morgan fingerprint density at radius 1 is 1.57 bits per heavy atom. The summed E-state index contributed by atoms with van der Waals surface area (Å²) in [6.45, 7) is 1.50. The van der Waals surface area contributed by atoms with Crippen LogP contribution in [0.15, 0.2) is 18.2 Å². The molecule has 0 aromatic carbocycles. The molecule has 0 amide bonds. The maximum absolute atomic E-state index is 8.72. The highest BCUT2D eigenvalue weighted by atomic mass is 16.3. The lowest BCUT2D eigenvalue weighted by atomic mass is 10.3. The number of rotatable bonds is 5. The van der Waals surface area contributed by atoms with Crippen LogP contribution in [0.25, 0.3) is 0 Å². The van der Waals surface area contributed by atoms with Crippen LogP contribution in [-0.4, -0.2) is 35.2 Å². The number of aliphatic hydroxyl groups excluding tert-OH is 1. The highest BCUT2D eigenvalue weighted by molar-refractivity contribution is 5.33. The van der Waals surface area contributed by atoms with Gasteiger partial charge < -0.3 is 10.5 Å². The molecule has 0 atom stereocenters. The summed E-state index contributed by atoms with van der Waals surface area (Å²) >= 11 is 0. The average Bonchev–Trinajstić information content (AvgIpc) is 2.18. The van der Waals surface area contributed by atoms with Crippen molar-refractivity contribution in [3.8, 4) is 0 Å². The molecular formula is C9H16N4O. The van der Waals surface area contributed by atoms with Gasteiger partial charge in [0, 0.05) is 13.1 Å². The Morgan fingerprint density at radius 2 is 2.36 bits per heavy atom. The minimum absolute atomic E-state index is 0.158. The van der Waals surface area contributed by atoms with Crippen molar-refractivity contribution in [2.24, 2.45) is 5.84 Å². The van der Waals surface area contributed by atoms with Gasteiger partial charge in [-0.05, 0) is 19.2 Å². The molecule has 0 radical (unpaired) electrons. The van der Waals surface area contributed by atoms with Gasteiger partial charge in [0.2, 0.25) is 0 Å². The summed E-state index contributed by atoms with van der Waals surface area (Å²) in [4.78, 5) is 6.24. The minimum atomic E-state index is 0.158. The molecule has 1 aromatic heterocycles. The molecule has 0 saturated carbocycles. The maximum Gasteiger partial charge on any atom is 0.140 e. The van der Waals surface area contributed by atoms with Crippen molar-refractivity contribution >= 4 is 5.82 Å². The first-order valence-electron chi connectivity index (χ1n) is 4.48. The summed E-state index contributed by atoms with van der Waals surface area (Å²) in [7, 11) is 1.93. The van der Waals surface area contributed by atoms with Gasteiger partial charge in [-0.1, -0.05) is 6.07 Å². The molecule has 1 heterocycles. The number of aromatic nitrogens is 1. The molecule has 0 saturated heterocycles. The molecule has 0 aliphatic carbocycles. The van der Waals surface area contributed by atoms with Gasteiger partial charge in [0.15, 0.2) is 0 Å². The van der Waals surface area contributed by atoms with E-state index in [1.807, 2.05) is 24.1 Å². The van der Waals surface area contributed by atoms with Crippen molar-refractivity contribution in [2.45, 2.75) is 6.54 Å². The summed E-state index contributed by atoms with van der Waals surface area (Å²) in [6.07, 6.45) is 0. The third-order valence-electron chi connectivity index (χ3n) is 1.87. The normalized spacial score (nSPS) is 10.6. The molecule has 14 heavy (non-hydrogen) atoms. The second-order valence-electron chi connectivity index (χ2n) is 3.12. The lowest BCUT2D eigenvalue weighted by Crippen LogP contribution is -2.22. The molecule has 78 valence electrons. The molecule has 0 unspecified atom stereocenters. The van der Waals surface area contributed by atoms with Gasteiger partial charge in [-0.3, -0.25) is 4.90 Å². The first-order valence-corrected chi connectivity index (χ1v) is 4.48. The second kappa shape index (κ2) is 5.54. The molecule has 1 rings (SSSR count). The number of nitrogens with zero attached hydrogens (tertiary/aromatic N) is 2. The van der Waals surface area contributed by atoms with Crippen LogP contribution in [0.1, 0.15) is 5.69 Å². The topological polar surface area (TPSA) is 74.4 Å². The Balaban J connectivity index is 2.57. The third-order valence-corrected chi connectivity index (χ3v) is 1.87. The predicted molar refractivity (Wildman–Crippen MR) is 55.5 cm³/mol. The summed E-state index contributed by atoms with van der Waals surface area (Å²) < 4.78 is 0. The highest BCUT2D eigenvalue weighted by Gasteiger charge is 2.01. The number of nitrogen functional groups attached to an aromatic ring is 1. The number of hydrogen-bond acceptors (Lipinski definition) is 5. The maximum atomic E-state index is 8.72. The van der Waals surface area contributed by atoms with Crippen LogP contribution in [0.5, 0.6) is 0 Å². The van der Waals surface area contributed by atoms with Gasteiger partial charge >= 0.3 is 0 Å². The summed E-state index contributed by atoms with van der Waals surface area (Å²) in [6, 6.07) is 5.62. The molecule has 4 N–H and O–H groups in total. The zero-order chi connectivity index (χ0) is 10.4. The molecule has 1 aromatic rings. The fraction of sp³-hybridized carbons (Fsp3) is 0.444. The summed E-state index contributed by atoms with van der Waals surface area (Å²) in [5.74, 6) is 5.89. The predicted octanol–water partition coefficient (Wildman–Crippen LogP) is -0.209. The third kappa shape index (κ3) is 3.29.